The van der Waals surface area contributed by atoms with Crippen LogP contribution >= 0.6 is 0 Å². The first-order valence-electron chi connectivity index (χ1n) is 11.2. The molecule has 2 atom stereocenters. The van der Waals surface area contributed by atoms with Crippen molar-refractivity contribution in [3.05, 3.63) is 46.5 Å². The van der Waals surface area contributed by atoms with Crippen molar-refractivity contribution in [3.63, 3.8) is 0 Å². The first kappa shape index (κ1) is 31.9. The average Bonchev–Trinajstić information content (AvgIpc) is 2.86. The minimum absolute atomic E-state index is 0.0239. The fourth-order valence-corrected chi connectivity index (χ4v) is 3.15. The van der Waals surface area contributed by atoms with E-state index < -0.39 is 89.2 Å². The van der Waals surface area contributed by atoms with Crippen molar-refractivity contribution in [1.82, 2.24) is 0 Å². The van der Waals surface area contributed by atoms with Gasteiger partial charge >= 0.3 is 29.8 Å². The molecular weight excluding hydrogens is 508 g/mol. The smallest absolute Gasteiger partial charge is 0.339 e. The van der Waals surface area contributed by atoms with Crippen LogP contribution in [0.1, 0.15) is 68.6 Å². The standard InChI is InChI=1S/C25H30O13/c1-6-25(11-35-5,24(34)37-10-15(27)9-36-22(32)13(2)3)12-38-23(33)19-7-16(14(4)26)17(20(28)29)8-18(19)21(30)31/h7-8,15,27H,2,6,9-12H2,1,3-5H3,(H,28,29)(H,30,31). The number of aliphatic hydroxyl groups is 1. The van der Waals surface area contributed by atoms with Gasteiger partial charge in [-0.2, -0.15) is 0 Å². The van der Waals surface area contributed by atoms with E-state index in [0.717, 1.165) is 13.0 Å². The summed E-state index contributed by atoms with van der Waals surface area (Å²) in [5.74, 6) is -6.85. The largest absolute Gasteiger partial charge is 0.478 e. The Labute approximate surface area is 217 Å². The number of carboxylic acid groups (broad SMARTS) is 2. The number of carbonyl (C=O) groups excluding carboxylic acids is 4. The summed E-state index contributed by atoms with van der Waals surface area (Å²) in [5.41, 5.74) is -3.80. The molecule has 2 unspecified atom stereocenters. The lowest BCUT2D eigenvalue weighted by Crippen LogP contribution is -2.43. The van der Waals surface area contributed by atoms with Gasteiger partial charge in [-0.25, -0.2) is 19.2 Å². The number of rotatable bonds is 15. The van der Waals surface area contributed by atoms with Gasteiger partial charge in [0, 0.05) is 18.2 Å². The zero-order chi connectivity index (χ0) is 29.2. The zero-order valence-electron chi connectivity index (χ0n) is 21.4. The summed E-state index contributed by atoms with van der Waals surface area (Å²) in [4.78, 5) is 72.2. The highest BCUT2D eigenvalue weighted by Crippen LogP contribution is 2.27. The number of carbonyl (C=O) groups is 6. The van der Waals surface area contributed by atoms with Crippen molar-refractivity contribution in [2.24, 2.45) is 5.41 Å². The molecule has 0 fully saturated rings. The third kappa shape index (κ3) is 8.21. The van der Waals surface area contributed by atoms with E-state index in [1.165, 1.54) is 14.0 Å². The molecule has 1 rings (SSSR count). The number of carboxylic acids is 2. The van der Waals surface area contributed by atoms with Crippen LogP contribution in [0.2, 0.25) is 0 Å². The molecule has 0 saturated heterocycles. The SMILES string of the molecule is C=C(C)C(=O)OCC(O)COC(=O)C(CC)(COC)COC(=O)c1cc(C(C)=O)c(C(=O)O)cc1C(=O)O. The van der Waals surface area contributed by atoms with Crippen LogP contribution in [-0.4, -0.2) is 90.6 Å². The van der Waals surface area contributed by atoms with Crippen LogP contribution in [-0.2, 0) is 28.5 Å². The monoisotopic (exact) mass is 538 g/mol. The lowest BCUT2D eigenvalue weighted by molar-refractivity contribution is -0.167. The molecule has 38 heavy (non-hydrogen) atoms. The van der Waals surface area contributed by atoms with Gasteiger partial charge in [0.1, 0.15) is 31.3 Å². The van der Waals surface area contributed by atoms with Gasteiger partial charge < -0.3 is 34.3 Å². The van der Waals surface area contributed by atoms with Crippen LogP contribution in [0.5, 0.6) is 0 Å². The summed E-state index contributed by atoms with van der Waals surface area (Å²) in [6, 6.07) is 1.49. The van der Waals surface area contributed by atoms with E-state index in [0.29, 0.717) is 6.07 Å². The average molecular weight is 539 g/mol. The normalized spacial score (nSPS) is 13.0. The summed E-state index contributed by atoms with van der Waals surface area (Å²) in [7, 11) is 1.28. The fraction of sp³-hybridized carbons (Fsp3) is 0.440. The number of esters is 3. The van der Waals surface area contributed by atoms with Crippen molar-refractivity contribution in [3.8, 4) is 0 Å². The Hall–Kier alpha value is -4.10. The molecule has 0 radical (unpaired) electrons. The molecule has 0 saturated carbocycles. The van der Waals surface area contributed by atoms with E-state index in [9.17, 15) is 44.1 Å². The second kappa shape index (κ2) is 14.0. The van der Waals surface area contributed by atoms with Crippen LogP contribution in [0.15, 0.2) is 24.3 Å². The predicted molar refractivity (Wildman–Crippen MR) is 128 cm³/mol. The van der Waals surface area contributed by atoms with Crippen molar-refractivity contribution in [2.45, 2.75) is 33.3 Å². The quantitative estimate of drug-likeness (QED) is 0.126. The van der Waals surface area contributed by atoms with Crippen LogP contribution in [0, 0.1) is 5.41 Å². The van der Waals surface area contributed by atoms with Crippen molar-refractivity contribution in [1.29, 1.82) is 0 Å². The first-order valence-corrected chi connectivity index (χ1v) is 11.2. The number of ketones is 1. The Morgan fingerprint density at radius 1 is 0.868 bits per heavy atom. The Kier molecular flexibility index (Phi) is 11.8. The van der Waals surface area contributed by atoms with Crippen LogP contribution in [0.3, 0.4) is 0 Å². The minimum atomic E-state index is -1.64. The second-order valence-corrected chi connectivity index (χ2v) is 8.38. The number of Topliss-reactive ketones (excluding diaryl/α,β-unsaturated/α-hetero) is 1. The highest BCUT2D eigenvalue weighted by molar-refractivity contribution is 6.10. The molecule has 0 aliphatic carbocycles. The second-order valence-electron chi connectivity index (χ2n) is 8.38. The molecule has 0 amide bonds. The Morgan fingerprint density at radius 2 is 1.39 bits per heavy atom. The number of methoxy groups -OCH3 is 1. The minimum Gasteiger partial charge on any atom is -0.478 e. The predicted octanol–water partition coefficient (Wildman–Crippen LogP) is 1.51. The fourth-order valence-electron chi connectivity index (χ4n) is 3.15. The van der Waals surface area contributed by atoms with Gasteiger partial charge in [0.2, 0.25) is 0 Å². The summed E-state index contributed by atoms with van der Waals surface area (Å²) in [6.45, 7) is 5.44. The Morgan fingerprint density at radius 3 is 1.87 bits per heavy atom. The molecule has 13 heteroatoms. The molecule has 0 aliphatic heterocycles. The zero-order valence-corrected chi connectivity index (χ0v) is 21.4. The van der Waals surface area contributed by atoms with E-state index in [4.69, 9.17) is 18.9 Å². The van der Waals surface area contributed by atoms with Crippen LogP contribution in [0.25, 0.3) is 0 Å². The highest BCUT2D eigenvalue weighted by atomic mass is 16.6. The topological polar surface area (TPSA) is 200 Å². The van der Waals surface area contributed by atoms with Gasteiger partial charge in [-0.15, -0.1) is 0 Å². The number of benzene rings is 1. The lowest BCUT2D eigenvalue weighted by Gasteiger charge is -2.29. The molecule has 0 spiro atoms. The van der Waals surface area contributed by atoms with E-state index in [-0.39, 0.29) is 18.6 Å². The number of hydrogen-bond acceptors (Lipinski definition) is 11. The van der Waals surface area contributed by atoms with Crippen molar-refractivity contribution in [2.75, 3.05) is 33.5 Å². The molecule has 13 nitrogen and oxygen atoms in total. The van der Waals surface area contributed by atoms with Gasteiger partial charge in [-0.05, 0) is 32.4 Å². The highest BCUT2D eigenvalue weighted by Gasteiger charge is 2.41. The Bertz CT molecular complexity index is 1120. The molecule has 3 N–H and O–H groups in total. The van der Waals surface area contributed by atoms with Gasteiger partial charge in [0.05, 0.1) is 23.3 Å². The van der Waals surface area contributed by atoms with Gasteiger partial charge in [-0.3, -0.25) is 9.59 Å². The summed E-state index contributed by atoms with van der Waals surface area (Å²) in [6.07, 6.45) is -1.34. The van der Waals surface area contributed by atoms with Crippen LogP contribution in [0.4, 0.5) is 0 Å². The maximum absolute atomic E-state index is 12.9. The lowest BCUT2D eigenvalue weighted by atomic mass is 9.87. The Balaban J connectivity index is 3.13. The first-order chi connectivity index (χ1) is 17.7. The van der Waals surface area contributed by atoms with E-state index in [1.54, 1.807) is 6.92 Å². The van der Waals surface area contributed by atoms with E-state index >= 15 is 0 Å². The third-order valence-corrected chi connectivity index (χ3v) is 5.39. The maximum atomic E-state index is 12.9. The van der Waals surface area contributed by atoms with E-state index in [2.05, 4.69) is 6.58 Å². The van der Waals surface area contributed by atoms with Crippen molar-refractivity contribution < 1.29 is 63.0 Å². The summed E-state index contributed by atoms with van der Waals surface area (Å²) < 4.78 is 20.2. The van der Waals surface area contributed by atoms with Gasteiger partial charge in [-0.1, -0.05) is 13.5 Å². The number of aromatic carboxylic acids is 2. The number of hydrogen-bond donors (Lipinski definition) is 3. The molecule has 0 bridgehead atoms. The van der Waals surface area contributed by atoms with Crippen LogP contribution < -0.4 is 0 Å². The number of aliphatic hydroxyl groups excluding tert-OH is 1. The molecule has 1 aromatic carbocycles. The number of ether oxygens (including phenoxy) is 4. The molecule has 0 aliphatic rings. The molecular formula is C25H30O13. The molecule has 208 valence electrons. The molecule has 0 heterocycles. The van der Waals surface area contributed by atoms with E-state index in [1.807, 2.05) is 0 Å². The molecule has 0 aromatic heterocycles. The van der Waals surface area contributed by atoms with Gasteiger partial charge in [0.15, 0.2) is 5.78 Å². The van der Waals surface area contributed by atoms with Crippen molar-refractivity contribution >= 4 is 35.6 Å². The molecule has 1 aromatic rings. The summed E-state index contributed by atoms with van der Waals surface area (Å²) >= 11 is 0. The third-order valence-electron chi connectivity index (χ3n) is 5.39. The van der Waals surface area contributed by atoms with Gasteiger partial charge in [0.25, 0.3) is 0 Å². The summed E-state index contributed by atoms with van der Waals surface area (Å²) in [5, 5.41) is 28.8. The maximum Gasteiger partial charge on any atom is 0.339 e.